The van der Waals surface area contributed by atoms with Crippen molar-refractivity contribution in [3.05, 3.63) is 29.6 Å². The van der Waals surface area contributed by atoms with Gasteiger partial charge in [-0.2, -0.15) is 0 Å². The van der Waals surface area contributed by atoms with Crippen molar-refractivity contribution in [2.75, 3.05) is 33.0 Å². The molecule has 0 unspecified atom stereocenters. The molecule has 0 heterocycles. The van der Waals surface area contributed by atoms with Crippen LogP contribution in [0.2, 0.25) is 0 Å². The first-order valence-electron chi connectivity index (χ1n) is 6.03. The summed E-state index contributed by atoms with van der Waals surface area (Å²) in [6.45, 7) is 4.31. The Labute approximate surface area is 111 Å². The summed E-state index contributed by atoms with van der Waals surface area (Å²) in [6, 6.07) is 3.59. The number of phenolic OH excluding ortho intramolecular Hbond substituents is 1. The van der Waals surface area contributed by atoms with Gasteiger partial charge < -0.3 is 19.4 Å². The van der Waals surface area contributed by atoms with E-state index in [9.17, 15) is 9.50 Å². The molecule has 0 bridgehead atoms. The SMILES string of the molecule is CCOCCOCCO/N=C/c1cc(F)ccc1O. The molecule has 5 nitrogen and oxygen atoms in total. The summed E-state index contributed by atoms with van der Waals surface area (Å²) in [7, 11) is 0. The van der Waals surface area contributed by atoms with E-state index in [2.05, 4.69) is 5.16 Å². The van der Waals surface area contributed by atoms with Crippen LogP contribution in [0.5, 0.6) is 5.75 Å². The molecule has 1 aromatic carbocycles. The van der Waals surface area contributed by atoms with Crippen LogP contribution in [0.25, 0.3) is 0 Å². The highest BCUT2D eigenvalue weighted by Gasteiger charge is 1.99. The zero-order valence-corrected chi connectivity index (χ0v) is 10.8. The Kier molecular flexibility index (Phi) is 7.53. The second kappa shape index (κ2) is 9.29. The fourth-order valence-corrected chi connectivity index (χ4v) is 1.24. The summed E-state index contributed by atoms with van der Waals surface area (Å²) in [5.41, 5.74) is 0.261. The first kappa shape index (κ1) is 15.4. The highest BCUT2D eigenvalue weighted by atomic mass is 19.1. The lowest BCUT2D eigenvalue weighted by atomic mass is 10.2. The third kappa shape index (κ3) is 6.73. The van der Waals surface area contributed by atoms with E-state index in [4.69, 9.17) is 14.3 Å². The highest BCUT2D eigenvalue weighted by molar-refractivity contribution is 5.82. The van der Waals surface area contributed by atoms with Crippen LogP contribution in [0.4, 0.5) is 4.39 Å². The number of hydrogen-bond acceptors (Lipinski definition) is 5. The molecule has 0 aliphatic heterocycles. The van der Waals surface area contributed by atoms with Gasteiger partial charge in [0.2, 0.25) is 0 Å². The van der Waals surface area contributed by atoms with Gasteiger partial charge in [0.1, 0.15) is 18.2 Å². The van der Waals surface area contributed by atoms with Crippen LogP contribution >= 0.6 is 0 Å². The minimum absolute atomic E-state index is 0.0540. The van der Waals surface area contributed by atoms with Gasteiger partial charge in [-0.15, -0.1) is 0 Å². The van der Waals surface area contributed by atoms with Gasteiger partial charge in [-0.3, -0.25) is 0 Å². The van der Waals surface area contributed by atoms with Crippen LogP contribution in [-0.4, -0.2) is 44.4 Å². The summed E-state index contributed by atoms with van der Waals surface area (Å²) < 4.78 is 23.2. The Morgan fingerprint density at radius 1 is 1.21 bits per heavy atom. The van der Waals surface area contributed by atoms with Gasteiger partial charge in [-0.05, 0) is 25.1 Å². The minimum atomic E-state index is -0.446. The predicted octanol–water partition coefficient (Wildman–Crippen LogP) is 1.93. The van der Waals surface area contributed by atoms with Gasteiger partial charge in [0.25, 0.3) is 0 Å². The average molecular weight is 271 g/mol. The molecule has 19 heavy (non-hydrogen) atoms. The molecule has 0 saturated carbocycles. The lowest BCUT2D eigenvalue weighted by Gasteiger charge is -2.03. The quantitative estimate of drug-likeness (QED) is 0.423. The maximum absolute atomic E-state index is 12.9. The van der Waals surface area contributed by atoms with Crippen molar-refractivity contribution in [3.63, 3.8) is 0 Å². The third-order valence-electron chi connectivity index (χ3n) is 2.15. The predicted molar refractivity (Wildman–Crippen MR) is 68.9 cm³/mol. The van der Waals surface area contributed by atoms with E-state index in [1.165, 1.54) is 24.4 Å². The Balaban J connectivity index is 2.15. The first-order valence-corrected chi connectivity index (χ1v) is 6.03. The largest absolute Gasteiger partial charge is 0.507 e. The van der Waals surface area contributed by atoms with Gasteiger partial charge in [0.05, 0.1) is 26.0 Å². The van der Waals surface area contributed by atoms with Crippen LogP contribution in [0.1, 0.15) is 12.5 Å². The van der Waals surface area contributed by atoms with Gasteiger partial charge >= 0.3 is 0 Å². The minimum Gasteiger partial charge on any atom is -0.507 e. The fourth-order valence-electron chi connectivity index (χ4n) is 1.24. The zero-order chi connectivity index (χ0) is 13.9. The molecule has 0 fully saturated rings. The maximum atomic E-state index is 12.9. The third-order valence-corrected chi connectivity index (χ3v) is 2.15. The molecule has 0 saturated heterocycles. The van der Waals surface area contributed by atoms with Crippen LogP contribution in [-0.2, 0) is 14.3 Å². The lowest BCUT2D eigenvalue weighted by molar-refractivity contribution is 0.0186. The molecule has 1 aromatic rings. The molecule has 0 amide bonds. The molecule has 0 aliphatic carbocycles. The lowest BCUT2D eigenvalue weighted by Crippen LogP contribution is -2.07. The number of rotatable bonds is 9. The Morgan fingerprint density at radius 3 is 2.74 bits per heavy atom. The summed E-state index contributed by atoms with van der Waals surface area (Å²) in [5, 5.41) is 13.0. The van der Waals surface area contributed by atoms with Crippen LogP contribution in [0, 0.1) is 5.82 Å². The highest BCUT2D eigenvalue weighted by Crippen LogP contribution is 2.15. The Hall–Kier alpha value is -1.66. The summed E-state index contributed by atoms with van der Waals surface area (Å²) >= 11 is 0. The first-order chi connectivity index (χ1) is 9.24. The van der Waals surface area contributed by atoms with E-state index in [-0.39, 0.29) is 17.9 Å². The van der Waals surface area contributed by atoms with E-state index in [0.717, 1.165) is 0 Å². The molecule has 6 heteroatoms. The monoisotopic (exact) mass is 271 g/mol. The van der Waals surface area contributed by atoms with Crippen molar-refractivity contribution in [3.8, 4) is 5.75 Å². The second-order valence-corrected chi connectivity index (χ2v) is 3.58. The van der Waals surface area contributed by atoms with Gasteiger partial charge in [0, 0.05) is 12.2 Å². The maximum Gasteiger partial charge on any atom is 0.140 e. The molecule has 1 rings (SSSR count). The molecule has 106 valence electrons. The van der Waals surface area contributed by atoms with Crippen molar-refractivity contribution in [2.45, 2.75) is 6.92 Å². The number of hydrogen-bond donors (Lipinski definition) is 1. The van der Waals surface area contributed by atoms with E-state index < -0.39 is 5.82 Å². The average Bonchev–Trinajstić information content (AvgIpc) is 2.40. The smallest absolute Gasteiger partial charge is 0.140 e. The van der Waals surface area contributed by atoms with Crippen LogP contribution < -0.4 is 0 Å². The zero-order valence-electron chi connectivity index (χ0n) is 10.8. The number of benzene rings is 1. The molecule has 0 spiro atoms. The van der Waals surface area contributed by atoms with E-state index in [1.54, 1.807) is 0 Å². The number of ether oxygens (including phenoxy) is 2. The molecular formula is C13H18FNO4. The van der Waals surface area contributed by atoms with Gasteiger partial charge in [-0.25, -0.2) is 4.39 Å². The number of halogens is 1. The van der Waals surface area contributed by atoms with Gasteiger partial charge in [0.15, 0.2) is 0 Å². The van der Waals surface area contributed by atoms with Crippen molar-refractivity contribution in [2.24, 2.45) is 5.16 Å². The standard InChI is InChI=1S/C13H18FNO4/c1-2-17-5-6-18-7-8-19-15-10-11-9-12(14)3-4-13(11)16/h3-4,9-10,16H,2,5-8H2,1H3/b15-10+. The molecule has 0 atom stereocenters. The van der Waals surface area contributed by atoms with Gasteiger partial charge in [-0.1, -0.05) is 5.16 Å². The Bertz CT molecular complexity index is 398. The summed E-state index contributed by atoms with van der Waals surface area (Å²) in [4.78, 5) is 4.91. The number of oxime groups is 1. The van der Waals surface area contributed by atoms with Crippen molar-refractivity contribution in [1.29, 1.82) is 0 Å². The fraction of sp³-hybridized carbons (Fsp3) is 0.462. The molecule has 1 N–H and O–H groups in total. The number of nitrogens with zero attached hydrogens (tertiary/aromatic N) is 1. The number of phenols is 1. The van der Waals surface area contributed by atoms with E-state index in [1.807, 2.05) is 6.92 Å². The van der Waals surface area contributed by atoms with Crippen molar-refractivity contribution >= 4 is 6.21 Å². The van der Waals surface area contributed by atoms with Crippen molar-refractivity contribution in [1.82, 2.24) is 0 Å². The van der Waals surface area contributed by atoms with E-state index >= 15 is 0 Å². The normalized spacial score (nSPS) is 11.1. The molecular weight excluding hydrogens is 253 g/mol. The van der Waals surface area contributed by atoms with E-state index in [0.29, 0.717) is 26.4 Å². The topological polar surface area (TPSA) is 60.3 Å². The number of aromatic hydroxyl groups is 1. The van der Waals surface area contributed by atoms with Crippen LogP contribution in [0.3, 0.4) is 0 Å². The Morgan fingerprint density at radius 2 is 1.95 bits per heavy atom. The molecule has 0 aromatic heterocycles. The molecule has 0 radical (unpaired) electrons. The summed E-state index contributed by atoms with van der Waals surface area (Å²) in [6.07, 6.45) is 1.25. The van der Waals surface area contributed by atoms with Crippen molar-refractivity contribution < 1.29 is 23.8 Å². The molecule has 0 aliphatic rings. The van der Waals surface area contributed by atoms with Crippen LogP contribution in [0.15, 0.2) is 23.4 Å². The summed E-state index contributed by atoms with van der Waals surface area (Å²) in [5.74, 6) is -0.500. The second-order valence-electron chi connectivity index (χ2n) is 3.58.